The molecule has 11 heteroatoms. The highest BCUT2D eigenvalue weighted by atomic mass is 35.5. The fourth-order valence-electron chi connectivity index (χ4n) is 4.81. The Labute approximate surface area is 215 Å². The number of ether oxygens (including phenoxy) is 1. The van der Waals surface area contributed by atoms with Crippen LogP contribution in [-0.4, -0.2) is 80.2 Å². The number of rotatable bonds is 5. The zero-order valence-electron chi connectivity index (χ0n) is 19.5. The van der Waals surface area contributed by atoms with Gasteiger partial charge in [-0.05, 0) is 36.8 Å². The predicted octanol–water partition coefficient (Wildman–Crippen LogP) is 4.31. The average molecular weight is 544 g/mol. The highest BCUT2D eigenvalue weighted by Gasteiger charge is 2.42. The molecule has 4 rings (SSSR count). The SMILES string of the molecule is C[C@H](Oc1cccc(F)c1)[C@@H]1CN(C(=O)N2CCN(S(C)(=O)=O)CC2)C[C@H]1c1ccc(Cl)c(Cl)c1. The molecular formula is C24H28Cl2FN3O4S. The van der Waals surface area contributed by atoms with E-state index in [0.29, 0.717) is 42.0 Å². The maximum absolute atomic E-state index is 13.7. The van der Waals surface area contributed by atoms with Crippen LogP contribution in [0, 0.1) is 11.7 Å². The summed E-state index contributed by atoms with van der Waals surface area (Å²) in [4.78, 5) is 16.8. The largest absolute Gasteiger partial charge is 0.490 e. The van der Waals surface area contributed by atoms with Gasteiger partial charge in [0.05, 0.1) is 16.3 Å². The lowest BCUT2D eigenvalue weighted by atomic mass is 9.85. The molecular weight excluding hydrogens is 516 g/mol. The van der Waals surface area contributed by atoms with Gasteiger partial charge in [-0.2, -0.15) is 4.31 Å². The van der Waals surface area contributed by atoms with E-state index >= 15 is 0 Å². The summed E-state index contributed by atoms with van der Waals surface area (Å²) in [5.41, 5.74) is 0.941. The number of likely N-dealkylation sites (tertiary alicyclic amines) is 1. The summed E-state index contributed by atoms with van der Waals surface area (Å²) in [5, 5.41) is 0.883. The number of hydrogen-bond donors (Lipinski definition) is 0. The van der Waals surface area contributed by atoms with Crippen LogP contribution in [0.5, 0.6) is 5.75 Å². The fourth-order valence-corrected chi connectivity index (χ4v) is 5.94. The van der Waals surface area contributed by atoms with Crippen LogP contribution in [-0.2, 0) is 10.0 Å². The summed E-state index contributed by atoms with van der Waals surface area (Å²) >= 11 is 12.4. The van der Waals surface area contributed by atoms with Gasteiger partial charge < -0.3 is 14.5 Å². The Balaban J connectivity index is 1.53. The Morgan fingerprint density at radius 3 is 2.37 bits per heavy atom. The summed E-state index contributed by atoms with van der Waals surface area (Å²) in [6.07, 6.45) is 0.855. The quantitative estimate of drug-likeness (QED) is 0.563. The van der Waals surface area contributed by atoms with Gasteiger partial charge in [0.15, 0.2) is 0 Å². The van der Waals surface area contributed by atoms with Crippen molar-refractivity contribution in [3.63, 3.8) is 0 Å². The second-order valence-corrected chi connectivity index (χ2v) is 11.9. The molecule has 7 nitrogen and oxygen atoms in total. The lowest BCUT2D eigenvalue weighted by Gasteiger charge is -2.35. The van der Waals surface area contributed by atoms with Crippen molar-refractivity contribution in [3.8, 4) is 5.75 Å². The van der Waals surface area contributed by atoms with E-state index in [-0.39, 0.29) is 42.9 Å². The van der Waals surface area contributed by atoms with Crippen LogP contribution in [0.25, 0.3) is 0 Å². The number of amides is 2. The normalized spacial score (nSPS) is 22.3. The van der Waals surface area contributed by atoms with Crippen LogP contribution in [0.3, 0.4) is 0 Å². The van der Waals surface area contributed by atoms with Gasteiger partial charge in [-0.15, -0.1) is 0 Å². The van der Waals surface area contributed by atoms with Crippen molar-refractivity contribution in [3.05, 3.63) is 63.9 Å². The first-order valence-corrected chi connectivity index (χ1v) is 14.0. The van der Waals surface area contributed by atoms with Crippen molar-refractivity contribution < 1.29 is 22.3 Å². The van der Waals surface area contributed by atoms with E-state index in [9.17, 15) is 17.6 Å². The van der Waals surface area contributed by atoms with Crippen molar-refractivity contribution in [1.29, 1.82) is 0 Å². The van der Waals surface area contributed by atoms with Crippen molar-refractivity contribution in [2.75, 3.05) is 45.5 Å². The van der Waals surface area contributed by atoms with Gasteiger partial charge >= 0.3 is 6.03 Å². The summed E-state index contributed by atoms with van der Waals surface area (Å²) in [6, 6.07) is 11.3. The van der Waals surface area contributed by atoms with Gasteiger partial charge in [0.2, 0.25) is 10.0 Å². The highest BCUT2D eigenvalue weighted by Crippen LogP contribution is 2.39. The van der Waals surface area contributed by atoms with E-state index in [2.05, 4.69) is 0 Å². The van der Waals surface area contributed by atoms with Crippen LogP contribution >= 0.6 is 23.2 Å². The van der Waals surface area contributed by atoms with E-state index in [1.165, 1.54) is 22.7 Å². The molecule has 0 N–H and O–H groups in total. The molecule has 2 aliphatic rings. The number of carbonyl (C=O) groups is 1. The minimum atomic E-state index is -3.28. The fraction of sp³-hybridized carbons (Fsp3) is 0.458. The van der Waals surface area contributed by atoms with E-state index in [1.807, 2.05) is 19.1 Å². The van der Waals surface area contributed by atoms with Crippen LogP contribution in [0.1, 0.15) is 18.4 Å². The zero-order valence-corrected chi connectivity index (χ0v) is 21.9. The molecule has 2 saturated heterocycles. The maximum atomic E-state index is 13.7. The number of hydrogen-bond acceptors (Lipinski definition) is 4. The summed E-state index contributed by atoms with van der Waals surface area (Å²) in [7, 11) is -3.28. The molecule has 0 spiro atoms. The van der Waals surface area contributed by atoms with Gasteiger partial charge in [-0.25, -0.2) is 17.6 Å². The lowest BCUT2D eigenvalue weighted by molar-refractivity contribution is 0.128. The molecule has 2 aliphatic heterocycles. The number of benzene rings is 2. The topological polar surface area (TPSA) is 70.2 Å². The van der Waals surface area contributed by atoms with E-state index < -0.39 is 10.0 Å². The molecule has 3 atom stereocenters. The highest BCUT2D eigenvalue weighted by molar-refractivity contribution is 7.88. The molecule has 2 aromatic rings. The van der Waals surface area contributed by atoms with E-state index in [4.69, 9.17) is 27.9 Å². The Bertz CT molecular complexity index is 1190. The lowest BCUT2D eigenvalue weighted by Crippen LogP contribution is -2.53. The number of nitrogens with zero attached hydrogens (tertiary/aromatic N) is 3. The monoisotopic (exact) mass is 543 g/mol. The molecule has 0 aliphatic carbocycles. The summed E-state index contributed by atoms with van der Waals surface area (Å²) in [6.45, 7) is 4.02. The van der Waals surface area contributed by atoms with Gasteiger partial charge in [0.25, 0.3) is 0 Å². The third-order valence-corrected chi connectivity index (χ3v) is 8.75. The molecule has 2 aromatic carbocycles. The summed E-state index contributed by atoms with van der Waals surface area (Å²) < 4.78 is 44.8. The Hall–Kier alpha value is -2.07. The first-order valence-electron chi connectivity index (χ1n) is 11.4. The predicted molar refractivity (Wildman–Crippen MR) is 134 cm³/mol. The van der Waals surface area contributed by atoms with Crippen LogP contribution < -0.4 is 4.74 Å². The summed E-state index contributed by atoms with van der Waals surface area (Å²) in [5.74, 6) is -0.120. The van der Waals surface area contributed by atoms with Gasteiger partial charge in [-0.1, -0.05) is 35.3 Å². The second-order valence-electron chi connectivity index (χ2n) is 9.06. The van der Waals surface area contributed by atoms with Crippen LogP contribution in [0.2, 0.25) is 10.0 Å². The number of piperazine rings is 1. The van der Waals surface area contributed by atoms with E-state index in [0.717, 1.165) is 5.56 Å². The first kappa shape index (κ1) is 26.0. The molecule has 2 fully saturated rings. The van der Waals surface area contributed by atoms with Crippen LogP contribution in [0.15, 0.2) is 42.5 Å². The molecule has 2 heterocycles. The molecule has 0 unspecified atom stereocenters. The molecule has 190 valence electrons. The van der Waals surface area contributed by atoms with Crippen LogP contribution in [0.4, 0.5) is 9.18 Å². The van der Waals surface area contributed by atoms with E-state index in [1.54, 1.807) is 28.0 Å². The number of halogens is 3. The van der Waals surface area contributed by atoms with Gasteiger partial charge in [0, 0.05) is 57.2 Å². The first-order chi connectivity index (χ1) is 16.5. The van der Waals surface area contributed by atoms with Crippen molar-refractivity contribution in [2.45, 2.75) is 18.9 Å². The standard InChI is InChI=1S/C24H28Cl2FN3O4S/c1-16(34-19-5-3-4-18(27)13-19)20-14-29(15-21(20)17-6-7-22(25)23(26)12-17)24(31)28-8-10-30(11-9-28)35(2,32)33/h3-7,12-13,16,20-21H,8-11,14-15H2,1-2H3/t16-,20-,21-/m0/s1. The Morgan fingerprint density at radius 2 is 1.74 bits per heavy atom. The second kappa shape index (κ2) is 10.5. The molecule has 2 amide bonds. The molecule has 0 radical (unpaired) electrons. The third kappa shape index (κ3) is 6.02. The van der Waals surface area contributed by atoms with Crippen molar-refractivity contribution in [2.24, 2.45) is 5.92 Å². The van der Waals surface area contributed by atoms with Crippen molar-refractivity contribution in [1.82, 2.24) is 14.1 Å². The number of sulfonamides is 1. The molecule has 0 bridgehead atoms. The minimum Gasteiger partial charge on any atom is -0.490 e. The average Bonchev–Trinajstić information content (AvgIpc) is 3.26. The molecule has 0 saturated carbocycles. The Morgan fingerprint density at radius 1 is 1.03 bits per heavy atom. The van der Waals surface area contributed by atoms with Crippen molar-refractivity contribution >= 4 is 39.3 Å². The van der Waals surface area contributed by atoms with Gasteiger partial charge in [0.1, 0.15) is 17.7 Å². The minimum absolute atomic E-state index is 0.0745. The number of urea groups is 1. The Kier molecular flexibility index (Phi) is 7.80. The molecule has 0 aromatic heterocycles. The van der Waals surface area contributed by atoms with Gasteiger partial charge in [-0.3, -0.25) is 0 Å². The zero-order chi connectivity index (χ0) is 25.3. The smallest absolute Gasteiger partial charge is 0.320 e. The third-order valence-electron chi connectivity index (χ3n) is 6.71. The molecule has 35 heavy (non-hydrogen) atoms. The number of carbonyl (C=O) groups excluding carboxylic acids is 1. The maximum Gasteiger partial charge on any atom is 0.320 e.